The summed E-state index contributed by atoms with van der Waals surface area (Å²) >= 11 is 0. The lowest BCUT2D eigenvalue weighted by molar-refractivity contribution is -0.121. The zero-order chi connectivity index (χ0) is 27.3. The van der Waals surface area contributed by atoms with Crippen LogP contribution >= 0.6 is 0 Å². The van der Waals surface area contributed by atoms with Gasteiger partial charge in [0.05, 0.1) is 24.0 Å². The highest BCUT2D eigenvalue weighted by molar-refractivity contribution is 6.02. The van der Waals surface area contributed by atoms with Crippen LogP contribution in [0.4, 0.5) is 20.2 Å². The number of hydrogen-bond acceptors (Lipinski definition) is 4. The van der Waals surface area contributed by atoms with Crippen LogP contribution in [0.1, 0.15) is 49.4 Å². The van der Waals surface area contributed by atoms with Crippen molar-refractivity contribution in [3.8, 4) is 0 Å². The first-order valence-corrected chi connectivity index (χ1v) is 13.4. The summed E-state index contributed by atoms with van der Waals surface area (Å²) in [5.41, 5.74) is 4.89. The lowest BCUT2D eigenvalue weighted by Crippen LogP contribution is -2.45. The molecule has 2 N–H and O–H groups in total. The normalized spacial score (nSPS) is 20.1. The largest absolute Gasteiger partial charge is 0.357 e. The second-order valence-corrected chi connectivity index (χ2v) is 11.6. The van der Waals surface area contributed by atoms with Crippen molar-refractivity contribution < 1.29 is 18.4 Å². The molecule has 3 aliphatic rings. The molecule has 1 unspecified atom stereocenters. The van der Waals surface area contributed by atoms with E-state index >= 15 is 4.39 Å². The maximum absolute atomic E-state index is 15.4. The summed E-state index contributed by atoms with van der Waals surface area (Å²) in [4.78, 5) is 29.1. The maximum atomic E-state index is 15.4. The minimum absolute atomic E-state index is 0.0388. The summed E-state index contributed by atoms with van der Waals surface area (Å²) in [7, 11) is 0. The fourth-order valence-electron chi connectivity index (χ4n) is 6.36. The molecule has 1 amide bonds. The number of halogens is 2. The first-order valence-electron chi connectivity index (χ1n) is 13.4. The molecule has 2 aliphatic carbocycles. The number of nitrogens with zero attached hydrogens (tertiary/aromatic N) is 1. The second-order valence-electron chi connectivity index (χ2n) is 11.6. The van der Waals surface area contributed by atoms with Gasteiger partial charge in [-0.05, 0) is 54.0 Å². The number of benzene rings is 3. The average molecular weight is 528 g/mol. The van der Waals surface area contributed by atoms with E-state index in [1.165, 1.54) is 23.3 Å². The molecule has 39 heavy (non-hydrogen) atoms. The number of para-hydroxylation sites is 2. The van der Waals surface area contributed by atoms with Crippen LogP contribution in [0.25, 0.3) is 0 Å². The number of nitrogens with one attached hydrogen (secondary N) is 2. The average Bonchev–Trinajstić information content (AvgIpc) is 3.22. The number of carbonyl (C=O) groups is 2. The van der Waals surface area contributed by atoms with Crippen LogP contribution in [-0.2, 0) is 22.4 Å². The van der Waals surface area contributed by atoms with Gasteiger partial charge in [-0.15, -0.1) is 0 Å². The van der Waals surface area contributed by atoms with Crippen molar-refractivity contribution >= 4 is 23.1 Å². The van der Waals surface area contributed by atoms with E-state index in [-0.39, 0.29) is 35.3 Å². The van der Waals surface area contributed by atoms with Gasteiger partial charge in [-0.25, -0.2) is 8.78 Å². The van der Waals surface area contributed by atoms with Crippen molar-refractivity contribution in [2.45, 2.75) is 51.6 Å². The van der Waals surface area contributed by atoms with E-state index in [0.717, 1.165) is 24.6 Å². The Kier molecular flexibility index (Phi) is 6.25. The molecule has 1 aliphatic heterocycles. The zero-order valence-electron chi connectivity index (χ0n) is 22.1. The summed E-state index contributed by atoms with van der Waals surface area (Å²) in [6.07, 6.45) is 2.38. The van der Waals surface area contributed by atoms with Gasteiger partial charge in [0.1, 0.15) is 11.6 Å². The number of ketones is 1. The summed E-state index contributed by atoms with van der Waals surface area (Å²) in [5.74, 6) is -1.77. The third-order valence-corrected chi connectivity index (χ3v) is 7.99. The number of carbonyl (C=O) groups excluding carboxylic acids is 2. The van der Waals surface area contributed by atoms with E-state index in [1.54, 1.807) is 4.90 Å². The molecule has 3 aromatic carbocycles. The van der Waals surface area contributed by atoms with Gasteiger partial charge in [-0.1, -0.05) is 56.3 Å². The Balaban J connectivity index is 1.42. The maximum Gasteiger partial charge on any atom is 0.239 e. The highest BCUT2D eigenvalue weighted by Gasteiger charge is 2.43. The molecule has 1 atom stereocenters. The number of amides is 1. The van der Waals surface area contributed by atoms with Crippen LogP contribution in [0.15, 0.2) is 78.0 Å². The number of Topliss-reactive ketones (excluding diaryl/α,β-unsaturated/α-hetero) is 1. The molecule has 6 rings (SSSR count). The molecule has 3 aromatic rings. The summed E-state index contributed by atoms with van der Waals surface area (Å²) in [5, 5.41) is 6.62. The Bertz CT molecular complexity index is 1490. The van der Waals surface area contributed by atoms with Crippen molar-refractivity contribution in [2.24, 2.45) is 5.41 Å². The fourth-order valence-corrected chi connectivity index (χ4v) is 6.36. The molecule has 0 saturated carbocycles. The van der Waals surface area contributed by atoms with Crippen LogP contribution in [0.5, 0.6) is 0 Å². The van der Waals surface area contributed by atoms with Gasteiger partial charge in [0.25, 0.3) is 0 Å². The summed E-state index contributed by atoms with van der Waals surface area (Å²) in [6.45, 7) is 3.97. The standard InChI is InChI=1S/C32H31F2N3O2/c1-32(2)16-26-30(28(38)17-32)31(23-12-11-21(33)15-24(23)34)37(27-10-6-5-9-25(27)36-26)18-29(39)35-22-13-19-7-3-4-8-20(19)14-22/h3-12,15,22,31,36H,13-14,16-18H2,1-2H3,(H,35,39). The summed E-state index contributed by atoms with van der Waals surface area (Å²) < 4.78 is 29.4. The molecule has 0 aromatic heterocycles. The zero-order valence-corrected chi connectivity index (χ0v) is 22.1. The van der Waals surface area contributed by atoms with Crippen LogP contribution in [0.3, 0.4) is 0 Å². The van der Waals surface area contributed by atoms with Gasteiger partial charge in [0.15, 0.2) is 5.78 Å². The topological polar surface area (TPSA) is 61.4 Å². The number of hydrogen-bond donors (Lipinski definition) is 2. The quantitative estimate of drug-likeness (QED) is 0.446. The van der Waals surface area contributed by atoms with Gasteiger partial charge in [0, 0.05) is 35.4 Å². The van der Waals surface area contributed by atoms with Crippen molar-refractivity contribution in [3.63, 3.8) is 0 Å². The van der Waals surface area contributed by atoms with Gasteiger partial charge in [-0.2, -0.15) is 0 Å². The minimum Gasteiger partial charge on any atom is -0.357 e. The highest BCUT2D eigenvalue weighted by atomic mass is 19.1. The molecule has 5 nitrogen and oxygen atoms in total. The SMILES string of the molecule is CC1(C)CC(=O)C2=C(C1)Nc1ccccc1N(CC(=O)NC1Cc3ccccc3C1)C2c1ccc(F)cc1F. The molecule has 0 saturated heterocycles. The second kappa shape index (κ2) is 9.63. The van der Waals surface area contributed by atoms with Crippen molar-refractivity contribution in [2.75, 3.05) is 16.8 Å². The van der Waals surface area contributed by atoms with E-state index in [4.69, 9.17) is 0 Å². The third-order valence-electron chi connectivity index (χ3n) is 7.99. The van der Waals surface area contributed by atoms with E-state index in [9.17, 15) is 14.0 Å². The fraction of sp³-hybridized carbons (Fsp3) is 0.312. The minimum atomic E-state index is -0.896. The van der Waals surface area contributed by atoms with Gasteiger partial charge in [-0.3, -0.25) is 9.59 Å². The lowest BCUT2D eigenvalue weighted by Gasteiger charge is -2.38. The van der Waals surface area contributed by atoms with Gasteiger partial charge in [0.2, 0.25) is 5.91 Å². The van der Waals surface area contributed by atoms with Crippen LogP contribution in [-0.4, -0.2) is 24.3 Å². The molecule has 1 heterocycles. The molecule has 0 radical (unpaired) electrons. The Morgan fingerprint density at radius 3 is 2.41 bits per heavy atom. The van der Waals surface area contributed by atoms with E-state index in [0.29, 0.717) is 29.8 Å². The van der Waals surface area contributed by atoms with E-state index in [1.807, 2.05) is 50.2 Å². The molecule has 0 fully saturated rings. The number of anilines is 2. The third kappa shape index (κ3) is 4.82. The predicted octanol–water partition coefficient (Wildman–Crippen LogP) is 5.86. The van der Waals surface area contributed by atoms with E-state index < -0.39 is 17.7 Å². The van der Waals surface area contributed by atoms with Gasteiger partial charge < -0.3 is 15.5 Å². The summed E-state index contributed by atoms with van der Waals surface area (Å²) in [6, 6.07) is 18.2. The lowest BCUT2D eigenvalue weighted by atomic mass is 9.73. The Morgan fingerprint density at radius 2 is 1.69 bits per heavy atom. The predicted molar refractivity (Wildman–Crippen MR) is 147 cm³/mol. The molecule has 7 heteroatoms. The number of rotatable bonds is 4. The molecule has 0 spiro atoms. The number of allylic oxidation sites excluding steroid dienone is 1. The van der Waals surface area contributed by atoms with Gasteiger partial charge >= 0.3 is 0 Å². The number of fused-ring (bicyclic) bond motifs is 2. The molecule has 0 bridgehead atoms. The first-order chi connectivity index (χ1) is 18.7. The van der Waals surface area contributed by atoms with Crippen LogP contribution in [0, 0.1) is 17.0 Å². The smallest absolute Gasteiger partial charge is 0.239 e. The van der Waals surface area contributed by atoms with Crippen molar-refractivity contribution in [1.82, 2.24) is 5.32 Å². The Morgan fingerprint density at radius 1 is 1.00 bits per heavy atom. The molecule has 200 valence electrons. The monoisotopic (exact) mass is 527 g/mol. The van der Waals surface area contributed by atoms with Crippen molar-refractivity contribution in [3.05, 3.63) is 106 Å². The Labute approximate surface area is 226 Å². The highest BCUT2D eigenvalue weighted by Crippen LogP contribution is 2.48. The molecular weight excluding hydrogens is 496 g/mol. The van der Waals surface area contributed by atoms with Crippen LogP contribution in [0.2, 0.25) is 0 Å². The molecular formula is C32H31F2N3O2. The van der Waals surface area contributed by atoms with E-state index in [2.05, 4.69) is 22.8 Å². The van der Waals surface area contributed by atoms with Crippen LogP contribution < -0.4 is 15.5 Å². The van der Waals surface area contributed by atoms with Crippen molar-refractivity contribution in [1.29, 1.82) is 0 Å². The first kappa shape index (κ1) is 25.3. The Hall–Kier alpha value is -4.00.